The van der Waals surface area contributed by atoms with Crippen molar-refractivity contribution in [1.82, 2.24) is 15.5 Å². The van der Waals surface area contributed by atoms with Gasteiger partial charge in [0.1, 0.15) is 11.8 Å². The molecule has 1 heterocycles. The van der Waals surface area contributed by atoms with Gasteiger partial charge in [-0.05, 0) is 37.5 Å². The Morgan fingerprint density at radius 3 is 2.36 bits per heavy atom. The second-order valence-corrected chi connectivity index (χ2v) is 8.34. The van der Waals surface area contributed by atoms with E-state index in [-0.39, 0.29) is 23.9 Å². The minimum Gasteiger partial charge on any atom is -0.495 e. The van der Waals surface area contributed by atoms with Crippen molar-refractivity contribution < 1.29 is 19.1 Å². The van der Waals surface area contributed by atoms with E-state index in [1.165, 1.54) is 6.92 Å². The molecule has 2 aromatic rings. The van der Waals surface area contributed by atoms with E-state index in [0.29, 0.717) is 43.8 Å². The van der Waals surface area contributed by atoms with Crippen LogP contribution in [0.3, 0.4) is 0 Å². The molecule has 176 valence electrons. The molecule has 1 aliphatic heterocycles. The number of piperidine rings is 1. The first-order valence-electron chi connectivity index (χ1n) is 11.2. The lowest BCUT2D eigenvalue weighted by Crippen LogP contribution is -2.53. The Labute approximate surface area is 194 Å². The summed E-state index contributed by atoms with van der Waals surface area (Å²) < 4.78 is 5.28. The van der Waals surface area contributed by atoms with Crippen molar-refractivity contribution in [2.24, 2.45) is 0 Å². The number of methoxy groups -OCH3 is 1. The molecular formula is C25H32N4O4. The minimum atomic E-state index is -0.642. The summed E-state index contributed by atoms with van der Waals surface area (Å²) in [5, 5.41) is 8.70. The first kappa shape index (κ1) is 24.1. The molecular weight excluding hydrogens is 420 g/mol. The lowest BCUT2D eigenvalue weighted by molar-refractivity contribution is -0.128. The Balaban J connectivity index is 1.52. The lowest BCUT2D eigenvalue weighted by Gasteiger charge is -2.33. The number of benzene rings is 2. The number of hydrogen-bond donors (Lipinski definition) is 3. The zero-order valence-corrected chi connectivity index (χ0v) is 19.4. The summed E-state index contributed by atoms with van der Waals surface area (Å²) >= 11 is 0. The molecule has 1 atom stereocenters. The predicted molar refractivity (Wildman–Crippen MR) is 127 cm³/mol. The predicted octanol–water partition coefficient (Wildman–Crippen LogP) is 2.86. The van der Waals surface area contributed by atoms with Crippen LogP contribution in [-0.2, 0) is 16.0 Å². The van der Waals surface area contributed by atoms with Gasteiger partial charge in [-0.1, -0.05) is 42.0 Å². The molecule has 33 heavy (non-hydrogen) atoms. The maximum atomic E-state index is 12.9. The van der Waals surface area contributed by atoms with Crippen LogP contribution in [0.15, 0.2) is 48.5 Å². The molecule has 3 rings (SSSR count). The molecule has 8 nitrogen and oxygen atoms in total. The third kappa shape index (κ3) is 6.97. The summed E-state index contributed by atoms with van der Waals surface area (Å²) in [5.74, 6) is 0.151. The van der Waals surface area contributed by atoms with E-state index < -0.39 is 6.04 Å². The summed E-state index contributed by atoms with van der Waals surface area (Å²) in [7, 11) is 1.56. The maximum absolute atomic E-state index is 12.9. The molecule has 0 aliphatic carbocycles. The third-order valence-corrected chi connectivity index (χ3v) is 5.73. The number of anilines is 1. The van der Waals surface area contributed by atoms with Gasteiger partial charge in [-0.2, -0.15) is 0 Å². The van der Waals surface area contributed by atoms with Crippen LogP contribution in [0.25, 0.3) is 0 Å². The highest BCUT2D eigenvalue weighted by Crippen LogP contribution is 2.24. The van der Waals surface area contributed by atoms with Crippen LogP contribution in [0.5, 0.6) is 5.75 Å². The van der Waals surface area contributed by atoms with Crippen LogP contribution in [0, 0.1) is 6.92 Å². The van der Waals surface area contributed by atoms with Crippen molar-refractivity contribution in [2.45, 2.75) is 45.2 Å². The Morgan fingerprint density at radius 2 is 1.73 bits per heavy atom. The van der Waals surface area contributed by atoms with Gasteiger partial charge in [0.15, 0.2) is 0 Å². The van der Waals surface area contributed by atoms with Gasteiger partial charge >= 0.3 is 6.03 Å². The molecule has 0 saturated carbocycles. The summed E-state index contributed by atoms with van der Waals surface area (Å²) in [5.41, 5.74) is 2.74. The Kier molecular flexibility index (Phi) is 8.29. The largest absolute Gasteiger partial charge is 0.495 e. The zero-order valence-electron chi connectivity index (χ0n) is 19.4. The summed E-state index contributed by atoms with van der Waals surface area (Å²) in [6.45, 7) is 4.46. The zero-order chi connectivity index (χ0) is 23.8. The van der Waals surface area contributed by atoms with E-state index in [4.69, 9.17) is 4.74 Å². The van der Waals surface area contributed by atoms with Crippen LogP contribution in [0.1, 0.15) is 30.9 Å². The molecule has 1 unspecified atom stereocenters. The van der Waals surface area contributed by atoms with Crippen molar-refractivity contribution in [3.63, 3.8) is 0 Å². The highest BCUT2D eigenvalue weighted by atomic mass is 16.5. The second-order valence-electron chi connectivity index (χ2n) is 8.34. The van der Waals surface area contributed by atoms with Crippen LogP contribution < -0.4 is 20.7 Å². The van der Waals surface area contributed by atoms with Crippen LogP contribution in [0.2, 0.25) is 0 Å². The molecule has 0 bridgehead atoms. The number of likely N-dealkylation sites (tertiary alicyclic amines) is 1. The molecule has 0 radical (unpaired) electrons. The molecule has 2 aromatic carbocycles. The second kappa shape index (κ2) is 11.4. The number of rotatable bonds is 7. The molecule has 0 spiro atoms. The van der Waals surface area contributed by atoms with Crippen LogP contribution in [0.4, 0.5) is 10.5 Å². The fourth-order valence-corrected chi connectivity index (χ4v) is 3.89. The quantitative estimate of drug-likeness (QED) is 0.601. The van der Waals surface area contributed by atoms with Gasteiger partial charge in [0.05, 0.1) is 12.8 Å². The van der Waals surface area contributed by atoms with E-state index in [1.54, 1.807) is 24.1 Å². The Bertz CT molecular complexity index is 969. The van der Waals surface area contributed by atoms with Gasteiger partial charge in [0.2, 0.25) is 11.8 Å². The number of nitrogens with one attached hydrogen (secondary N) is 3. The van der Waals surface area contributed by atoms with Crippen molar-refractivity contribution in [2.75, 3.05) is 25.5 Å². The molecule has 1 saturated heterocycles. The van der Waals surface area contributed by atoms with Crippen LogP contribution in [-0.4, -0.2) is 55.0 Å². The summed E-state index contributed by atoms with van der Waals surface area (Å²) in [4.78, 5) is 38.9. The molecule has 1 aliphatic rings. The number of urea groups is 1. The first-order chi connectivity index (χ1) is 15.9. The Morgan fingerprint density at radius 1 is 1.06 bits per heavy atom. The average molecular weight is 453 g/mol. The SMILES string of the molecule is COc1ccccc1NC(=O)N1CCC(NC(=O)C(Cc2ccc(C)cc2)NC(C)=O)CC1. The van der Waals surface area contributed by atoms with E-state index in [1.807, 2.05) is 43.3 Å². The highest BCUT2D eigenvalue weighted by molar-refractivity contribution is 5.91. The molecule has 0 aromatic heterocycles. The number of nitrogens with zero attached hydrogens (tertiary/aromatic N) is 1. The van der Waals surface area contributed by atoms with E-state index in [2.05, 4.69) is 16.0 Å². The fourth-order valence-electron chi connectivity index (χ4n) is 3.89. The molecule has 8 heteroatoms. The number of ether oxygens (including phenoxy) is 1. The normalized spacial score (nSPS) is 14.8. The fraction of sp³-hybridized carbons (Fsp3) is 0.400. The van der Waals surface area contributed by atoms with Crippen molar-refractivity contribution in [1.29, 1.82) is 0 Å². The van der Waals surface area contributed by atoms with E-state index in [9.17, 15) is 14.4 Å². The number of carbonyl (C=O) groups excluding carboxylic acids is 3. The third-order valence-electron chi connectivity index (χ3n) is 5.73. The maximum Gasteiger partial charge on any atom is 0.321 e. The number of hydrogen-bond acceptors (Lipinski definition) is 4. The van der Waals surface area contributed by atoms with Gasteiger partial charge in [-0.3, -0.25) is 9.59 Å². The van der Waals surface area contributed by atoms with Crippen LogP contribution >= 0.6 is 0 Å². The van der Waals surface area contributed by atoms with Gasteiger partial charge in [-0.15, -0.1) is 0 Å². The number of amides is 4. The first-order valence-corrected chi connectivity index (χ1v) is 11.2. The van der Waals surface area contributed by atoms with Crippen molar-refractivity contribution in [3.05, 3.63) is 59.7 Å². The number of carbonyl (C=O) groups is 3. The molecule has 1 fully saturated rings. The van der Waals surface area contributed by atoms with Crippen molar-refractivity contribution in [3.8, 4) is 5.75 Å². The molecule has 4 amide bonds. The average Bonchev–Trinajstić information content (AvgIpc) is 2.80. The van der Waals surface area contributed by atoms with E-state index in [0.717, 1.165) is 11.1 Å². The summed E-state index contributed by atoms with van der Waals surface area (Å²) in [6, 6.07) is 14.3. The summed E-state index contributed by atoms with van der Waals surface area (Å²) in [6.07, 6.45) is 1.71. The molecule has 3 N–H and O–H groups in total. The van der Waals surface area contributed by atoms with Gasteiger partial charge in [0, 0.05) is 32.5 Å². The van der Waals surface area contributed by atoms with Gasteiger partial charge in [-0.25, -0.2) is 4.79 Å². The number of aryl methyl sites for hydroxylation is 1. The monoisotopic (exact) mass is 452 g/mol. The topological polar surface area (TPSA) is 99.8 Å². The Hall–Kier alpha value is -3.55. The van der Waals surface area contributed by atoms with Gasteiger partial charge in [0.25, 0.3) is 0 Å². The standard InChI is InChI=1S/C25H32N4O4/c1-17-8-10-19(11-9-17)16-22(26-18(2)30)24(31)27-20-12-14-29(15-13-20)25(32)28-21-6-4-5-7-23(21)33-3/h4-11,20,22H,12-16H2,1-3H3,(H,26,30)(H,27,31)(H,28,32). The smallest absolute Gasteiger partial charge is 0.321 e. The minimum absolute atomic E-state index is 0.0536. The number of para-hydroxylation sites is 2. The lowest BCUT2D eigenvalue weighted by atomic mass is 10.0. The highest BCUT2D eigenvalue weighted by Gasteiger charge is 2.27. The van der Waals surface area contributed by atoms with E-state index >= 15 is 0 Å². The van der Waals surface area contributed by atoms with Crippen molar-refractivity contribution >= 4 is 23.5 Å². The van der Waals surface area contributed by atoms with Gasteiger partial charge < -0.3 is 25.6 Å².